The van der Waals surface area contributed by atoms with Gasteiger partial charge in [-0.3, -0.25) is 4.79 Å². The zero-order valence-electron chi connectivity index (χ0n) is 10.5. The molecule has 1 amide bonds. The van der Waals surface area contributed by atoms with Crippen molar-refractivity contribution in [2.24, 2.45) is 12.8 Å². The van der Waals surface area contributed by atoms with Crippen LogP contribution in [0, 0.1) is 0 Å². The quantitative estimate of drug-likeness (QED) is 0.824. The van der Waals surface area contributed by atoms with Crippen LogP contribution in [-0.4, -0.2) is 39.5 Å². The van der Waals surface area contributed by atoms with E-state index in [0.717, 1.165) is 25.7 Å². The zero-order valence-corrected chi connectivity index (χ0v) is 10.5. The van der Waals surface area contributed by atoms with Crippen molar-refractivity contribution >= 4 is 5.91 Å². The number of amides is 1. The second kappa shape index (κ2) is 4.87. The molecule has 1 aromatic rings. The molecule has 0 aliphatic heterocycles. The van der Waals surface area contributed by atoms with Gasteiger partial charge in [0.15, 0.2) is 0 Å². The zero-order chi connectivity index (χ0) is 12.4. The van der Waals surface area contributed by atoms with E-state index in [9.17, 15) is 4.79 Å². The van der Waals surface area contributed by atoms with Gasteiger partial charge in [-0.1, -0.05) is 0 Å². The topological polar surface area (TPSA) is 64.2 Å². The number of aryl methyl sites for hydroxylation is 1. The molecule has 0 atom stereocenters. The lowest BCUT2D eigenvalue weighted by molar-refractivity contribution is 0.0684. The van der Waals surface area contributed by atoms with Crippen molar-refractivity contribution in [3.8, 4) is 0 Å². The van der Waals surface area contributed by atoms with Crippen molar-refractivity contribution in [3.05, 3.63) is 18.2 Å². The molecule has 1 aliphatic carbocycles. The Kier molecular flexibility index (Phi) is 3.47. The lowest BCUT2D eigenvalue weighted by Crippen LogP contribution is -2.42. The van der Waals surface area contributed by atoms with Crippen molar-refractivity contribution in [2.75, 3.05) is 7.05 Å². The summed E-state index contributed by atoms with van der Waals surface area (Å²) in [6.07, 6.45) is 7.41. The summed E-state index contributed by atoms with van der Waals surface area (Å²) in [5.74, 6) is 0.00562. The fourth-order valence-electron chi connectivity index (χ4n) is 2.36. The first kappa shape index (κ1) is 12.1. The van der Waals surface area contributed by atoms with Gasteiger partial charge in [-0.15, -0.1) is 0 Å². The minimum absolute atomic E-state index is 0.00562. The van der Waals surface area contributed by atoms with Crippen LogP contribution in [0.2, 0.25) is 0 Å². The molecule has 94 valence electrons. The fourth-order valence-corrected chi connectivity index (χ4v) is 2.36. The maximum Gasteiger partial charge on any atom is 0.274 e. The van der Waals surface area contributed by atoms with E-state index in [1.54, 1.807) is 17.1 Å². The van der Waals surface area contributed by atoms with Gasteiger partial charge in [-0.2, -0.15) is 0 Å². The van der Waals surface area contributed by atoms with Crippen LogP contribution in [0.5, 0.6) is 0 Å². The molecule has 1 heterocycles. The summed E-state index contributed by atoms with van der Waals surface area (Å²) in [6.45, 7) is 0. The standard InChI is InChI=1S/C12H20N4O/c1-15-7-11(14-8-15)12(17)16(2)10-5-3-9(13)4-6-10/h7-10H,3-6,13H2,1-2H3. The molecule has 1 aliphatic rings. The minimum atomic E-state index is 0.00562. The highest BCUT2D eigenvalue weighted by atomic mass is 16.2. The molecule has 0 radical (unpaired) electrons. The monoisotopic (exact) mass is 236 g/mol. The molecule has 0 spiro atoms. The average Bonchev–Trinajstić information content (AvgIpc) is 2.75. The third-order valence-corrected chi connectivity index (χ3v) is 3.53. The highest BCUT2D eigenvalue weighted by Crippen LogP contribution is 2.22. The van der Waals surface area contributed by atoms with Gasteiger partial charge in [0.1, 0.15) is 5.69 Å². The number of nitrogens with two attached hydrogens (primary N) is 1. The Morgan fingerprint density at radius 3 is 2.65 bits per heavy atom. The summed E-state index contributed by atoms with van der Waals surface area (Å²) in [7, 11) is 3.72. The summed E-state index contributed by atoms with van der Waals surface area (Å²) in [5.41, 5.74) is 6.39. The van der Waals surface area contributed by atoms with E-state index in [-0.39, 0.29) is 5.91 Å². The number of rotatable bonds is 2. The van der Waals surface area contributed by atoms with Gasteiger partial charge >= 0.3 is 0 Å². The Balaban J connectivity index is 2.00. The molecule has 1 saturated carbocycles. The van der Waals surface area contributed by atoms with Crippen LogP contribution in [0.4, 0.5) is 0 Å². The molecule has 1 aromatic heterocycles. The van der Waals surface area contributed by atoms with Gasteiger partial charge in [-0.25, -0.2) is 4.98 Å². The summed E-state index contributed by atoms with van der Waals surface area (Å²) in [6, 6.07) is 0.619. The molecule has 2 rings (SSSR count). The van der Waals surface area contributed by atoms with Crippen molar-refractivity contribution < 1.29 is 4.79 Å². The predicted octanol–water partition coefficient (Wildman–Crippen LogP) is 0.762. The van der Waals surface area contributed by atoms with E-state index in [1.165, 1.54) is 0 Å². The number of imidazole rings is 1. The van der Waals surface area contributed by atoms with Gasteiger partial charge in [0.25, 0.3) is 5.91 Å². The molecule has 0 bridgehead atoms. The summed E-state index contributed by atoms with van der Waals surface area (Å²) >= 11 is 0. The largest absolute Gasteiger partial charge is 0.340 e. The molecule has 5 nitrogen and oxygen atoms in total. The Bertz CT molecular complexity index is 393. The molecule has 2 N–H and O–H groups in total. The van der Waals surface area contributed by atoms with Crippen molar-refractivity contribution in [1.82, 2.24) is 14.5 Å². The first-order valence-electron chi connectivity index (χ1n) is 6.08. The third-order valence-electron chi connectivity index (χ3n) is 3.53. The van der Waals surface area contributed by atoms with Crippen molar-refractivity contribution in [3.63, 3.8) is 0 Å². The van der Waals surface area contributed by atoms with Gasteiger partial charge in [-0.05, 0) is 25.7 Å². The van der Waals surface area contributed by atoms with E-state index < -0.39 is 0 Å². The molecular formula is C12H20N4O. The van der Waals surface area contributed by atoms with Gasteiger partial charge in [0.2, 0.25) is 0 Å². The second-order valence-electron chi connectivity index (χ2n) is 4.91. The lowest BCUT2D eigenvalue weighted by atomic mass is 9.91. The number of aromatic nitrogens is 2. The third kappa shape index (κ3) is 2.66. The number of hydrogen-bond donors (Lipinski definition) is 1. The normalized spacial score (nSPS) is 24.6. The molecule has 17 heavy (non-hydrogen) atoms. The maximum atomic E-state index is 12.2. The van der Waals surface area contributed by atoms with Crippen LogP contribution in [0.3, 0.4) is 0 Å². The molecule has 5 heteroatoms. The number of hydrogen-bond acceptors (Lipinski definition) is 3. The number of carbonyl (C=O) groups is 1. The van der Waals surface area contributed by atoms with Crippen molar-refractivity contribution in [2.45, 2.75) is 37.8 Å². The Morgan fingerprint density at radius 1 is 1.47 bits per heavy atom. The molecular weight excluding hydrogens is 216 g/mol. The molecule has 0 aromatic carbocycles. The van der Waals surface area contributed by atoms with Crippen LogP contribution in [-0.2, 0) is 7.05 Å². The van der Waals surface area contributed by atoms with Crippen LogP contribution < -0.4 is 5.73 Å². The van der Waals surface area contributed by atoms with E-state index in [0.29, 0.717) is 17.8 Å². The Morgan fingerprint density at radius 2 is 2.12 bits per heavy atom. The average molecular weight is 236 g/mol. The maximum absolute atomic E-state index is 12.2. The van der Waals surface area contributed by atoms with Gasteiger partial charge in [0.05, 0.1) is 6.33 Å². The number of nitrogens with zero attached hydrogens (tertiary/aromatic N) is 3. The van der Waals surface area contributed by atoms with E-state index in [2.05, 4.69) is 4.98 Å². The minimum Gasteiger partial charge on any atom is -0.340 e. The van der Waals surface area contributed by atoms with Crippen LogP contribution in [0.1, 0.15) is 36.2 Å². The first-order chi connectivity index (χ1) is 8.08. The van der Waals surface area contributed by atoms with Crippen LogP contribution in [0.15, 0.2) is 12.5 Å². The lowest BCUT2D eigenvalue weighted by Gasteiger charge is -2.33. The Labute approximate surface area is 102 Å². The second-order valence-corrected chi connectivity index (χ2v) is 4.91. The van der Waals surface area contributed by atoms with E-state index in [1.807, 2.05) is 19.0 Å². The summed E-state index contributed by atoms with van der Waals surface area (Å²) in [5, 5.41) is 0. The van der Waals surface area contributed by atoms with Gasteiger partial charge in [0, 0.05) is 32.4 Å². The van der Waals surface area contributed by atoms with Crippen LogP contribution >= 0.6 is 0 Å². The highest BCUT2D eigenvalue weighted by molar-refractivity contribution is 5.92. The number of carbonyl (C=O) groups excluding carboxylic acids is 1. The SMILES string of the molecule is CN(C(=O)c1cn(C)cn1)C1CCC(N)CC1. The predicted molar refractivity (Wildman–Crippen MR) is 65.5 cm³/mol. The molecule has 0 unspecified atom stereocenters. The van der Waals surface area contributed by atoms with E-state index >= 15 is 0 Å². The summed E-state index contributed by atoms with van der Waals surface area (Å²) in [4.78, 5) is 18.1. The van der Waals surface area contributed by atoms with Crippen molar-refractivity contribution in [1.29, 1.82) is 0 Å². The Hall–Kier alpha value is -1.36. The fraction of sp³-hybridized carbons (Fsp3) is 0.667. The van der Waals surface area contributed by atoms with Crippen LogP contribution in [0.25, 0.3) is 0 Å². The van der Waals surface area contributed by atoms with E-state index in [4.69, 9.17) is 5.73 Å². The molecule has 1 fully saturated rings. The first-order valence-corrected chi connectivity index (χ1v) is 6.08. The smallest absolute Gasteiger partial charge is 0.274 e. The summed E-state index contributed by atoms with van der Waals surface area (Å²) < 4.78 is 1.79. The molecule has 0 saturated heterocycles. The highest BCUT2D eigenvalue weighted by Gasteiger charge is 2.26. The van der Waals surface area contributed by atoms with Gasteiger partial charge < -0.3 is 15.2 Å².